The third-order valence-electron chi connectivity index (χ3n) is 4.22. The summed E-state index contributed by atoms with van der Waals surface area (Å²) in [5.41, 5.74) is -0.722. The highest BCUT2D eigenvalue weighted by atomic mass is 32.2. The van der Waals surface area contributed by atoms with Gasteiger partial charge in [-0.1, -0.05) is 50.1 Å². The molecule has 0 amide bonds. The van der Waals surface area contributed by atoms with Gasteiger partial charge in [-0.05, 0) is 24.3 Å². The molecule has 0 aromatic heterocycles. The van der Waals surface area contributed by atoms with Crippen LogP contribution in [0.4, 0.5) is 0 Å². The van der Waals surface area contributed by atoms with Crippen molar-refractivity contribution in [3.05, 3.63) is 35.9 Å². The molecule has 6 heteroatoms. The molecule has 21 heavy (non-hydrogen) atoms. The van der Waals surface area contributed by atoms with Gasteiger partial charge in [-0.25, -0.2) is 8.42 Å². The summed E-state index contributed by atoms with van der Waals surface area (Å²) in [5, 5.41) is 9.56. The molecule has 0 heterocycles. The van der Waals surface area contributed by atoms with E-state index < -0.39 is 21.5 Å². The van der Waals surface area contributed by atoms with Gasteiger partial charge in [-0.3, -0.25) is 4.79 Å². The van der Waals surface area contributed by atoms with E-state index in [4.69, 9.17) is 0 Å². The normalized spacial score (nSPS) is 26.4. The highest BCUT2D eigenvalue weighted by Gasteiger charge is 2.47. The van der Waals surface area contributed by atoms with Crippen molar-refractivity contribution in [3.63, 3.8) is 0 Å². The van der Waals surface area contributed by atoms with E-state index in [1.54, 1.807) is 31.2 Å². The first-order valence-corrected chi connectivity index (χ1v) is 8.80. The number of rotatable bonds is 5. The van der Waals surface area contributed by atoms with Gasteiger partial charge >= 0.3 is 5.97 Å². The maximum Gasteiger partial charge on any atom is 0.325 e. The Labute approximate surface area is 125 Å². The fourth-order valence-corrected chi connectivity index (χ4v) is 4.62. The van der Waals surface area contributed by atoms with E-state index in [2.05, 4.69) is 4.72 Å². The molecule has 0 radical (unpaired) electrons. The van der Waals surface area contributed by atoms with Crippen LogP contribution >= 0.6 is 0 Å². The van der Waals surface area contributed by atoms with Gasteiger partial charge in [0.25, 0.3) is 0 Å². The van der Waals surface area contributed by atoms with Crippen LogP contribution in [-0.2, 0) is 20.6 Å². The zero-order chi connectivity index (χ0) is 15.5. The quantitative estimate of drug-likeness (QED) is 0.872. The first-order valence-electron chi connectivity index (χ1n) is 7.15. The van der Waals surface area contributed by atoms with Crippen LogP contribution in [0.2, 0.25) is 0 Å². The topological polar surface area (TPSA) is 83.5 Å². The Morgan fingerprint density at radius 1 is 1.33 bits per heavy atom. The molecule has 1 aromatic rings. The fourth-order valence-electron chi connectivity index (χ4n) is 2.97. The zero-order valence-corrected chi connectivity index (χ0v) is 12.9. The average molecular weight is 311 g/mol. The van der Waals surface area contributed by atoms with Crippen molar-refractivity contribution in [2.45, 2.75) is 43.9 Å². The molecule has 2 rings (SSSR count). The van der Waals surface area contributed by atoms with Gasteiger partial charge in [-0.2, -0.15) is 4.72 Å². The van der Waals surface area contributed by atoms with Crippen molar-refractivity contribution in [2.75, 3.05) is 0 Å². The van der Waals surface area contributed by atoms with Gasteiger partial charge in [-0.15, -0.1) is 0 Å². The highest BCUT2D eigenvalue weighted by molar-refractivity contribution is 7.88. The molecule has 0 saturated heterocycles. The van der Waals surface area contributed by atoms with Crippen LogP contribution < -0.4 is 4.72 Å². The Balaban J connectivity index is 2.22. The first-order chi connectivity index (χ1) is 9.86. The molecule has 0 aliphatic heterocycles. The summed E-state index contributed by atoms with van der Waals surface area (Å²) in [6.45, 7) is 1.80. The van der Waals surface area contributed by atoms with Crippen LogP contribution in [0, 0.1) is 5.92 Å². The Morgan fingerprint density at radius 3 is 2.57 bits per heavy atom. The smallest absolute Gasteiger partial charge is 0.325 e. The molecular formula is C15H21NO4S. The third-order valence-corrected chi connectivity index (χ3v) is 5.61. The van der Waals surface area contributed by atoms with Crippen LogP contribution in [0.5, 0.6) is 0 Å². The van der Waals surface area contributed by atoms with Crippen molar-refractivity contribution in [2.24, 2.45) is 5.92 Å². The maximum absolute atomic E-state index is 12.3. The number of aliphatic carboxylic acids is 1. The van der Waals surface area contributed by atoms with Gasteiger partial charge in [0.15, 0.2) is 0 Å². The van der Waals surface area contributed by atoms with E-state index in [0.29, 0.717) is 12.0 Å². The molecule has 2 unspecified atom stereocenters. The van der Waals surface area contributed by atoms with Gasteiger partial charge in [0.05, 0.1) is 5.75 Å². The summed E-state index contributed by atoms with van der Waals surface area (Å²) < 4.78 is 27.2. The van der Waals surface area contributed by atoms with Crippen molar-refractivity contribution >= 4 is 16.0 Å². The summed E-state index contributed by atoms with van der Waals surface area (Å²) >= 11 is 0. The van der Waals surface area contributed by atoms with Crippen LogP contribution in [0.15, 0.2) is 30.3 Å². The molecule has 0 spiro atoms. The summed E-state index contributed by atoms with van der Waals surface area (Å²) in [6, 6.07) is 8.78. The molecule has 1 aliphatic rings. The second kappa shape index (κ2) is 6.15. The lowest BCUT2D eigenvalue weighted by atomic mass is 9.74. The Morgan fingerprint density at radius 2 is 2.00 bits per heavy atom. The number of carboxylic acids is 1. The van der Waals surface area contributed by atoms with Crippen molar-refractivity contribution in [3.8, 4) is 0 Å². The molecule has 1 saturated carbocycles. The van der Waals surface area contributed by atoms with Crippen molar-refractivity contribution in [1.29, 1.82) is 0 Å². The Hall–Kier alpha value is -1.40. The number of hydrogen-bond acceptors (Lipinski definition) is 3. The molecular weight excluding hydrogens is 290 g/mol. The van der Waals surface area contributed by atoms with Crippen LogP contribution in [0.1, 0.15) is 38.2 Å². The molecule has 0 bridgehead atoms. The minimum absolute atomic E-state index is 0.199. The second-order valence-electron chi connectivity index (χ2n) is 5.77. The molecule has 1 aliphatic carbocycles. The number of carboxylic acid groups (broad SMARTS) is 1. The molecule has 2 atom stereocenters. The highest BCUT2D eigenvalue weighted by Crippen LogP contribution is 2.34. The number of benzene rings is 1. The van der Waals surface area contributed by atoms with E-state index in [1.165, 1.54) is 0 Å². The number of nitrogens with one attached hydrogen (secondary N) is 1. The lowest BCUT2D eigenvalue weighted by Gasteiger charge is -2.39. The predicted octanol–water partition coefficient (Wildman–Crippen LogP) is 2.14. The number of sulfonamides is 1. The summed E-state index contributed by atoms with van der Waals surface area (Å²) in [7, 11) is -3.70. The standard InChI is InChI=1S/C15H21NO4S/c1-12-7-5-6-10-15(12,14(17)18)16-21(19,20)11-13-8-3-2-4-9-13/h2-4,8-9,12,16H,5-7,10-11H2,1H3,(H,17,18). The van der Waals surface area contributed by atoms with E-state index in [9.17, 15) is 18.3 Å². The minimum atomic E-state index is -3.70. The third kappa shape index (κ3) is 3.63. The molecule has 1 aromatic carbocycles. The van der Waals surface area contributed by atoms with Gasteiger partial charge in [0, 0.05) is 0 Å². The Bertz CT molecular complexity index is 599. The lowest BCUT2D eigenvalue weighted by Crippen LogP contribution is -2.60. The van der Waals surface area contributed by atoms with E-state index in [1.807, 2.05) is 6.07 Å². The van der Waals surface area contributed by atoms with Crippen LogP contribution in [0.3, 0.4) is 0 Å². The zero-order valence-electron chi connectivity index (χ0n) is 12.1. The molecule has 5 nitrogen and oxygen atoms in total. The second-order valence-corrected chi connectivity index (χ2v) is 7.49. The summed E-state index contributed by atoms with van der Waals surface area (Å²) in [6.07, 6.45) is 2.73. The van der Waals surface area contributed by atoms with E-state index >= 15 is 0 Å². The van der Waals surface area contributed by atoms with Gasteiger partial charge in [0.2, 0.25) is 10.0 Å². The van der Waals surface area contributed by atoms with E-state index in [0.717, 1.165) is 19.3 Å². The number of hydrogen-bond donors (Lipinski definition) is 2. The fraction of sp³-hybridized carbons (Fsp3) is 0.533. The number of carbonyl (C=O) groups is 1. The SMILES string of the molecule is CC1CCCCC1(NS(=O)(=O)Cc1ccccc1)C(=O)O. The van der Waals surface area contributed by atoms with Gasteiger partial charge < -0.3 is 5.11 Å². The van der Waals surface area contributed by atoms with Crippen molar-refractivity contribution < 1.29 is 18.3 Å². The molecule has 116 valence electrons. The summed E-state index contributed by atoms with van der Waals surface area (Å²) in [5.74, 6) is -1.49. The minimum Gasteiger partial charge on any atom is -0.480 e. The summed E-state index contributed by atoms with van der Waals surface area (Å²) in [4.78, 5) is 11.7. The monoisotopic (exact) mass is 311 g/mol. The Kier molecular flexibility index (Phi) is 4.68. The predicted molar refractivity (Wildman–Crippen MR) is 80.2 cm³/mol. The van der Waals surface area contributed by atoms with Crippen molar-refractivity contribution in [1.82, 2.24) is 4.72 Å². The van der Waals surface area contributed by atoms with Gasteiger partial charge in [0.1, 0.15) is 5.54 Å². The first kappa shape index (κ1) is 16.0. The molecule has 2 N–H and O–H groups in total. The maximum atomic E-state index is 12.3. The molecule has 1 fully saturated rings. The van der Waals surface area contributed by atoms with Crippen LogP contribution in [-0.4, -0.2) is 25.0 Å². The largest absolute Gasteiger partial charge is 0.480 e. The average Bonchev–Trinajstić information content (AvgIpc) is 2.41. The van der Waals surface area contributed by atoms with E-state index in [-0.39, 0.29) is 11.7 Å². The lowest BCUT2D eigenvalue weighted by molar-refractivity contribution is -0.147. The van der Waals surface area contributed by atoms with Crippen LogP contribution in [0.25, 0.3) is 0 Å².